The fraction of sp³-hybridized carbons (Fsp3) is 0.318. The zero-order valence-corrected chi connectivity index (χ0v) is 19.1. The number of nitrogens with zero attached hydrogens (tertiary/aromatic N) is 7. The van der Waals surface area contributed by atoms with Gasteiger partial charge < -0.3 is 9.64 Å². The first kappa shape index (κ1) is 22.0. The van der Waals surface area contributed by atoms with Crippen LogP contribution in [-0.4, -0.2) is 56.1 Å². The van der Waals surface area contributed by atoms with E-state index in [0.29, 0.717) is 41.7 Å². The molecule has 1 aromatic carbocycles. The molecule has 0 N–H and O–H groups in total. The van der Waals surface area contributed by atoms with Crippen LogP contribution < -0.4 is 4.74 Å². The van der Waals surface area contributed by atoms with Gasteiger partial charge in [-0.1, -0.05) is 11.3 Å². The lowest BCUT2D eigenvalue weighted by molar-refractivity contribution is 0.0276. The number of thiazole rings is 1. The number of likely N-dealkylation sites (tertiary alicyclic amines) is 1. The fourth-order valence-corrected chi connectivity index (χ4v) is 4.83. The van der Waals surface area contributed by atoms with E-state index in [1.165, 1.54) is 28.5 Å². The van der Waals surface area contributed by atoms with Crippen molar-refractivity contribution < 1.29 is 18.3 Å². The normalized spacial score (nSPS) is 17.7. The maximum absolute atomic E-state index is 13.6. The second-order valence-electron chi connectivity index (χ2n) is 8.08. The Morgan fingerprint density at radius 2 is 2.00 bits per heavy atom. The van der Waals surface area contributed by atoms with Crippen LogP contribution >= 0.6 is 11.3 Å². The summed E-state index contributed by atoms with van der Waals surface area (Å²) in [6.07, 6.45) is 1.71. The van der Waals surface area contributed by atoms with Crippen molar-refractivity contribution in [2.45, 2.75) is 25.5 Å². The first-order valence-electron chi connectivity index (χ1n) is 10.5. The van der Waals surface area contributed by atoms with E-state index in [9.17, 15) is 18.8 Å². The van der Waals surface area contributed by atoms with Gasteiger partial charge in [0.2, 0.25) is 0 Å². The van der Waals surface area contributed by atoms with Crippen LogP contribution in [0.4, 0.5) is 13.6 Å². The second kappa shape index (κ2) is 8.49. The first-order chi connectivity index (χ1) is 16.3. The number of benzene rings is 1. The third-order valence-corrected chi connectivity index (χ3v) is 6.53. The second-order valence-corrected chi connectivity index (χ2v) is 8.90. The van der Waals surface area contributed by atoms with Crippen molar-refractivity contribution in [3.05, 3.63) is 52.0 Å². The highest BCUT2D eigenvalue weighted by Gasteiger charge is 2.39. The van der Waals surface area contributed by atoms with Gasteiger partial charge in [-0.05, 0) is 24.6 Å². The van der Waals surface area contributed by atoms with Crippen molar-refractivity contribution >= 4 is 23.6 Å². The van der Waals surface area contributed by atoms with Crippen LogP contribution in [-0.2, 0) is 7.05 Å². The van der Waals surface area contributed by atoms with Gasteiger partial charge in [-0.25, -0.2) is 23.6 Å². The molecule has 5 rings (SSSR count). The number of nitriles is 1. The number of hydrazone groups is 1. The van der Waals surface area contributed by atoms with Crippen LogP contribution in [0.15, 0.2) is 28.7 Å². The molecule has 3 aromatic rings. The number of urea groups is 1. The van der Waals surface area contributed by atoms with Gasteiger partial charge in [0.05, 0.1) is 24.8 Å². The molecule has 2 amide bonds. The molecule has 2 aliphatic heterocycles. The van der Waals surface area contributed by atoms with Gasteiger partial charge >= 0.3 is 6.03 Å². The average molecular weight is 484 g/mol. The summed E-state index contributed by atoms with van der Waals surface area (Å²) in [5.41, 5.74) is 2.88. The number of amides is 2. The van der Waals surface area contributed by atoms with E-state index >= 15 is 0 Å². The predicted molar refractivity (Wildman–Crippen MR) is 119 cm³/mol. The molecule has 0 aliphatic carbocycles. The molecule has 0 radical (unpaired) electrons. The highest BCUT2D eigenvalue weighted by molar-refractivity contribution is 7.11. The van der Waals surface area contributed by atoms with Crippen LogP contribution in [0.25, 0.3) is 11.4 Å². The van der Waals surface area contributed by atoms with E-state index in [2.05, 4.69) is 21.3 Å². The summed E-state index contributed by atoms with van der Waals surface area (Å²) in [6.45, 7) is 2.50. The maximum Gasteiger partial charge on any atom is 0.341 e. The van der Waals surface area contributed by atoms with Crippen molar-refractivity contribution in [3.8, 4) is 22.7 Å². The quantitative estimate of drug-likeness (QED) is 0.564. The Morgan fingerprint density at radius 3 is 2.68 bits per heavy atom. The van der Waals surface area contributed by atoms with Crippen LogP contribution in [0, 0.1) is 29.9 Å². The number of aryl methyl sites for hydroxylation is 1. The summed E-state index contributed by atoms with van der Waals surface area (Å²) in [5.74, 6) is -1.39. The third-order valence-electron chi connectivity index (χ3n) is 5.80. The van der Waals surface area contributed by atoms with Crippen molar-refractivity contribution in [1.29, 1.82) is 5.26 Å². The smallest absolute Gasteiger partial charge is 0.341 e. The fourth-order valence-electron chi connectivity index (χ4n) is 4.11. The van der Waals surface area contributed by atoms with Crippen molar-refractivity contribution in [2.24, 2.45) is 12.1 Å². The summed E-state index contributed by atoms with van der Waals surface area (Å²) in [6, 6.07) is 4.39. The number of halogens is 2. The van der Waals surface area contributed by atoms with Gasteiger partial charge in [0.1, 0.15) is 29.5 Å². The van der Waals surface area contributed by atoms with Crippen molar-refractivity contribution in [3.63, 3.8) is 0 Å². The minimum absolute atomic E-state index is 0.234. The average Bonchev–Trinajstić information content (AvgIpc) is 3.48. The Hall–Kier alpha value is -3.85. The van der Waals surface area contributed by atoms with E-state index in [4.69, 9.17) is 4.74 Å². The Balaban J connectivity index is 1.21. The largest absolute Gasteiger partial charge is 0.463 e. The minimum atomic E-state index is -0.695. The number of ether oxygens (including phenoxy) is 1. The Morgan fingerprint density at radius 1 is 1.26 bits per heavy atom. The first-order valence-corrected chi connectivity index (χ1v) is 11.3. The molecule has 2 aliphatic rings. The zero-order chi connectivity index (χ0) is 24.0. The summed E-state index contributed by atoms with van der Waals surface area (Å²) in [7, 11) is 1.75. The molecule has 0 unspecified atom stereocenters. The van der Waals surface area contributed by atoms with Crippen LogP contribution in [0.3, 0.4) is 0 Å². The zero-order valence-electron chi connectivity index (χ0n) is 18.3. The van der Waals surface area contributed by atoms with E-state index in [0.717, 1.165) is 17.3 Å². The van der Waals surface area contributed by atoms with Crippen LogP contribution in [0.2, 0.25) is 0 Å². The van der Waals surface area contributed by atoms with Crippen molar-refractivity contribution in [2.75, 3.05) is 13.1 Å². The van der Waals surface area contributed by atoms with Gasteiger partial charge in [0, 0.05) is 36.7 Å². The number of carbonyl (C=O) groups excluding carboxylic acids is 1. The Bertz CT molecular complexity index is 1320. The summed E-state index contributed by atoms with van der Waals surface area (Å²) >= 11 is 1.33. The summed E-state index contributed by atoms with van der Waals surface area (Å²) in [4.78, 5) is 19.0. The van der Waals surface area contributed by atoms with Gasteiger partial charge in [0.15, 0.2) is 5.69 Å². The van der Waals surface area contributed by atoms with Crippen molar-refractivity contribution in [1.82, 2.24) is 24.7 Å². The van der Waals surface area contributed by atoms with Gasteiger partial charge in [-0.15, -0.1) is 0 Å². The lowest BCUT2D eigenvalue weighted by Gasteiger charge is -2.40. The van der Waals surface area contributed by atoms with E-state index in [1.807, 2.05) is 12.3 Å². The molecular weight excluding hydrogens is 464 g/mol. The van der Waals surface area contributed by atoms with E-state index in [1.54, 1.807) is 22.8 Å². The van der Waals surface area contributed by atoms with E-state index < -0.39 is 17.7 Å². The molecule has 1 atom stereocenters. The monoisotopic (exact) mass is 483 g/mol. The molecule has 12 heteroatoms. The molecule has 0 bridgehead atoms. The maximum atomic E-state index is 13.6. The predicted octanol–water partition coefficient (Wildman–Crippen LogP) is 3.62. The molecule has 2 aromatic heterocycles. The topological polar surface area (TPSA) is 99.6 Å². The molecule has 34 heavy (non-hydrogen) atoms. The molecular formula is C22H19F2N7O2S. The third kappa shape index (κ3) is 3.88. The molecule has 9 nitrogen and oxygen atoms in total. The molecule has 1 saturated heterocycles. The van der Waals surface area contributed by atoms with Crippen LogP contribution in [0.5, 0.6) is 5.19 Å². The SMILES string of the molecule is Cc1c(C#N)nn(C)c1-c1csc(OC2CN(C(=O)N3N=CC[C@H]3c3cc(F)cc(F)c3)C2)n1. The minimum Gasteiger partial charge on any atom is -0.463 e. The number of hydrogen-bond acceptors (Lipinski definition) is 7. The highest BCUT2D eigenvalue weighted by atomic mass is 32.1. The van der Waals surface area contributed by atoms with E-state index in [-0.39, 0.29) is 12.1 Å². The summed E-state index contributed by atoms with van der Waals surface area (Å²) < 4.78 is 34.8. The molecule has 0 saturated carbocycles. The lowest BCUT2D eigenvalue weighted by Crippen LogP contribution is -2.58. The number of aromatic nitrogens is 3. The Labute approximate surface area is 197 Å². The standard InChI is InChI=1S/C22H19F2N7O2S/c1-12-17(8-25)28-29(2)20(12)18-11-34-21(27-18)33-16-9-30(10-16)22(32)31-19(3-4-26-31)13-5-14(23)7-15(24)6-13/h4-7,11,16,19H,3,9-10H2,1-2H3/t19-/m0/s1. The molecule has 174 valence electrons. The molecule has 0 spiro atoms. The molecule has 1 fully saturated rings. The summed E-state index contributed by atoms with van der Waals surface area (Å²) in [5, 5.41) is 21.0. The van der Waals surface area contributed by atoms with Crippen LogP contribution in [0.1, 0.15) is 29.3 Å². The van der Waals surface area contributed by atoms with Gasteiger partial charge in [-0.2, -0.15) is 15.5 Å². The number of hydrogen-bond donors (Lipinski definition) is 0. The van der Waals surface area contributed by atoms with Gasteiger partial charge in [0.25, 0.3) is 5.19 Å². The van der Waals surface area contributed by atoms with Gasteiger partial charge in [-0.3, -0.25) is 4.68 Å². The highest BCUT2D eigenvalue weighted by Crippen LogP contribution is 2.33. The Kier molecular flexibility index (Phi) is 5.49. The lowest BCUT2D eigenvalue weighted by atomic mass is 10.0. The number of carbonyl (C=O) groups is 1. The number of rotatable bonds is 4. The molecule has 4 heterocycles.